The number of likely N-dealkylation sites (tertiary alicyclic amines) is 1. The molecule has 5 atom stereocenters. The van der Waals surface area contributed by atoms with Crippen molar-refractivity contribution in [3.63, 3.8) is 0 Å². The lowest BCUT2D eigenvalue weighted by atomic mass is 9.79. The second-order valence-electron chi connectivity index (χ2n) is 6.34. The van der Waals surface area contributed by atoms with Crippen LogP contribution in [-0.2, 0) is 0 Å². The van der Waals surface area contributed by atoms with Gasteiger partial charge >= 0.3 is 0 Å². The Morgan fingerprint density at radius 3 is 2.53 bits per heavy atom. The summed E-state index contributed by atoms with van der Waals surface area (Å²) in [7, 11) is 0. The fourth-order valence-electron chi connectivity index (χ4n) is 3.86. The van der Waals surface area contributed by atoms with Gasteiger partial charge in [-0.1, -0.05) is 26.7 Å². The minimum Gasteiger partial charge on any atom is -0.296 e. The van der Waals surface area contributed by atoms with Crippen LogP contribution in [0.3, 0.4) is 0 Å². The van der Waals surface area contributed by atoms with Gasteiger partial charge < -0.3 is 0 Å². The maximum atomic E-state index is 9.33. The standard InChI is InChI=1S/C15H26N2/c1-11-8-12(2)13(3)17(10-11)15-7-5-4-6-14(15)9-16/h11-15H,4-8,10H2,1-3H3. The molecule has 0 spiro atoms. The van der Waals surface area contributed by atoms with Gasteiger partial charge in [-0.2, -0.15) is 5.26 Å². The van der Waals surface area contributed by atoms with E-state index in [0.717, 1.165) is 18.3 Å². The molecule has 2 rings (SSSR count). The number of nitrogens with zero attached hydrogens (tertiary/aromatic N) is 2. The van der Waals surface area contributed by atoms with Crippen molar-refractivity contribution in [3.05, 3.63) is 0 Å². The van der Waals surface area contributed by atoms with Gasteiger partial charge in [0.2, 0.25) is 0 Å². The summed E-state index contributed by atoms with van der Waals surface area (Å²) >= 11 is 0. The van der Waals surface area contributed by atoms with Crippen molar-refractivity contribution in [2.45, 2.75) is 65.0 Å². The number of hydrogen-bond donors (Lipinski definition) is 0. The molecule has 5 unspecified atom stereocenters. The van der Waals surface area contributed by atoms with E-state index in [-0.39, 0.29) is 5.92 Å². The second kappa shape index (κ2) is 5.40. The molecule has 2 aliphatic rings. The summed E-state index contributed by atoms with van der Waals surface area (Å²) in [5.74, 6) is 1.85. The summed E-state index contributed by atoms with van der Waals surface area (Å²) in [6.45, 7) is 8.30. The molecule has 1 saturated carbocycles. The summed E-state index contributed by atoms with van der Waals surface area (Å²) in [5.41, 5.74) is 0. The second-order valence-corrected chi connectivity index (χ2v) is 6.34. The van der Waals surface area contributed by atoms with Gasteiger partial charge in [-0.15, -0.1) is 0 Å². The zero-order valence-electron chi connectivity index (χ0n) is 11.5. The maximum absolute atomic E-state index is 9.33. The third-order valence-electron chi connectivity index (χ3n) is 4.96. The fourth-order valence-corrected chi connectivity index (χ4v) is 3.86. The molecule has 17 heavy (non-hydrogen) atoms. The van der Waals surface area contributed by atoms with E-state index >= 15 is 0 Å². The van der Waals surface area contributed by atoms with Crippen LogP contribution in [0, 0.1) is 29.1 Å². The van der Waals surface area contributed by atoms with Gasteiger partial charge in [-0.25, -0.2) is 0 Å². The molecule has 0 N–H and O–H groups in total. The smallest absolute Gasteiger partial charge is 0.0672 e. The van der Waals surface area contributed by atoms with Gasteiger partial charge in [0.15, 0.2) is 0 Å². The molecule has 0 radical (unpaired) electrons. The minimum absolute atomic E-state index is 0.281. The largest absolute Gasteiger partial charge is 0.296 e. The van der Waals surface area contributed by atoms with E-state index in [4.69, 9.17) is 0 Å². The van der Waals surface area contributed by atoms with Gasteiger partial charge in [-0.05, 0) is 38.0 Å². The molecule has 1 heterocycles. The maximum Gasteiger partial charge on any atom is 0.0672 e. The number of nitriles is 1. The van der Waals surface area contributed by atoms with E-state index in [2.05, 4.69) is 31.7 Å². The van der Waals surface area contributed by atoms with Crippen LogP contribution >= 0.6 is 0 Å². The molecule has 0 aromatic heterocycles. The van der Waals surface area contributed by atoms with Crippen LogP contribution in [0.5, 0.6) is 0 Å². The Morgan fingerprint density at radius 2 is 1.82 bits per heavy atom. The lowest BCUT2D eigenvalue weighted by Crippen LogP contribution is -2.53. The molecular weight excluding hydrogens is 208 g/mol. The van der Waals surface area contributed by atoms with Crippen LogP contribution in [0.1, 0.15) is 52.9 Å². The van der Waals surface area contributed by atoms with Crippen LogP contribution in [0.4, 0.5) is 0 Å². The van der Waals surface area contributed by atoms with E-state index in [1.807, 2.05) is 0 Å². The van der Waals surface area contributed by atoms with Crippen LogP contribution < -0.4 is 0 Å². The van der Waals surface area contributed by atoms with Gasteiger partial charge in [0.05, 0.1) is 12.0 Å². The average Bonchev–Trinajstić information content (AvgIpc) is 2.33. The molecule has 0 aromatic carbocycles. The average molecular weight is 234 g/mol. The first kappa shape index (κ1) is 12.9. The van der Waals surface area contributed by atoms with Crippen LogP contribution in [0.15, 0.2) is 0 Å². The highest BCUT2D eigenvalue weighted by atomic mass is 15.2. The van der Waals surface area contributed by atoms with E-state index < -0.39 is 0 Å². The predicted molar refractivity (Wildman–Crippen MR) is 70.5 cm³/mol. The van der Waals surface area contributed by atoms with Crippen molar-refractivity contribution in [1.29, 1.82) is 5.26 Å². The lowest BCUT2D eigenvalue weighted by molar-refractivity contribution is 0.0120. The van der Waals surface area contributed by atoms with E-state index in [0.29, 0.717) is 12.1 Å². The number of piperidine rings is 1. The molecule has 0 amide bonds. The Kier molecular flexibility index (Phi) is 4.09. The first-order valence-electron chi connectivity index (χ1n) is 7.28. The molecular formula is C15H26N2. The Bertz CT molecular complexity index is 294. The highest BCUT2D eigenvalue weighted by Crippen LogP contribution is 2.35. The van der Waals surface area contributed by atoms with E-state index in [1.165, 1.54) is 32.2 Å². The monoisotopic (exact) mass is 234 g/mol. The van der Waals surface area contributed by atoms with Crippen molar-refractivity contribution >= 4 is 0 Å². The molecule has 2 heteroatoms. The van der Waals surface area contributed by atoms with Crippen molar-refractivity contribution in [1.82, 2.24) is 4.90 Å². The van der Waals surface area contributed by atoms with Crippen molar-refractivity contribution in [3.8, 4) is 6.07 Å². The van der Waals surface area contributed by atoms with Gasteiger partial charge in [-0.3, -0.25) is 4.90 Å². The Morgan fingerprint density at radius 1 is 1.12 bits per heavy atom. The first-order chi connectivity index (χ1) is 8.13. The molecule has 2 nitrogen and oxygen atoms in total. The fraction of sp³-hybridized carbons (Fsp3) is 0.933. The molecule has 1 aliphatic heterocycles. The summed E-state index contributed by atoms with van der Waals surface area (Å²) in [5, 5.41) is 9.33. The highest BCUT2D eigenvalue weighted by Gasteiger charge is 2.37. The predicted octanol–water partition coefficient (Wildman–Crippen LogP) is 3.44. The Labute approximate surface area is 106 Å². The zero-order chi connectivity index (χ0) is 12.4. The summed E-state index contributed by atoms with van der Waals surface area (Å²) in [4.78, 5) is 2.66. The topological polar surface area (TPSA) is 27.0 Å². The summed E-state index contributed by atoms with van der Waals surface area (Å²) in [6.07, 6.45) is 6.27. The van der Waals surface area contributed by atoms with Crippen LogP contribution in [0.25, 0.3) is 0 Å². The molecule has 2 fully saturated rings. The normalized spacial score (nSPS) is 44.2. The molecule has 1 saturated heterocycles. The molecule has 1 aliphatic carbocycles. The van der Waals surface area contributed by atoms with Crippen molar-refractivity contribution < 1.29 is 0 Å². The third-order valence-corrected chi connectivity index (χ3v) is 4.96. The van der Waals surface area contributed by atoms with Gasteiger partial charge in [0, 0.05) is 18.6 Å². The first-order valence-corrected chi connectivity index (χ1v) is 7.28. The summed E-state index contributed by atoms with van der Waals surface area (Å²) in [6, 6.07) is 3.75. The number of hydrogen-bond acceptors (Lipinski definition) is 2. The lowest BCUT2D eigenvalue weighted by Gasteiger charge is -2.47. The minimum atomic E-state index is 0.281. The van der Waals surface area contributed by atoms with Gasteiger partial charge in [0.25, 0.3) is 0 Å². The highest BCUT2D eigenvalue weighted by molar-refractivity contribution is 4.98. The molecule has 0 bridgehead atoms. The zero-order valence-corrected chi connectivity index (χ0v) is 11.5. The van der Waals surface area contributed by atoms with Gasteiger partial charge in [0.1, 0.15) is 0 Å². The van der Waals surface area contributed by atoms with E-state index in [9.17, 15) is 5.26 Å². The van der Waals surface area contributed by atoms with Crippen molar-refractivity contribution in [2.75, 3.05) is 6.54 Å². The van der Waals surface area contributed by atoms with Crippen molar-refractivity contribution in [2.24, 2.45) is 17.8 Å². The quantitative estimate of drug-likeness (QED) is 0.695. The Hall–Kier alpha value is -0.550. The molecule has 96 valence electrons. The van der Waals surface area contributed by atoms with Crippen LogP contribution in [0.2, 0.25) is 0 Å². The van der Waals surface area contributed by atoms with E-state index in [1.54, 1.807) is 0 Å². The molecule has 0 aromatic rings. The van der Waals surface area contributed by atoms with Crippen LogP contribution in [-0.4, -0.2) is 23.5 Å². The third kappa shape index (κ3) is 2.65. The SMILES string of the molecule is CC1CC(C)C(C)N(C2CCCCC2C#N)C1. The Balaban J connectivity index is 2.10. The summed E-state index contributed by atoms with van der Waals surface area (Å²) < 4.78 is 0. The number of rotatable bonds is 1.